The summed E-state index contributed by atoms with van der Waals surface area (Å²) in [5.41, 5.74) is 0.278. The maximum absolute atomic E-state index is 11.6. The molecule has 2 N–H and O–H groups in total. The molecule has 98 valence electrons. The SMILES string of the molecule is CC(C)(C)OC(=O)Nc1cccc(C2(O)CC2)c1. The van der Waals surface area contributed by atoms with Crippen LogP contribution in [-0.4, -0.2) is 16.8 Å². The van der Waals surface area contributed by atoms with Crippen LogP contribution in [-0.2, 0) is 10.3 Å². The molecule has 0 unspecified atom stereocenters. The van der Waals surface area contributed by atoms with Gasteiger partial charge in [0.15, 0.2) is 0 Å². The van der Waals surface area contributed by atoms with E-state index in [0.717, 1.165) is 18.4 Å². The van der Waals surface area contributed by atoms with Crippen LogP contribution in [0.15, 0.2) is 24.3 Å². The zero-order valence-corrected chi connectivity index (χ0v) is 11.0. The van der Waals surface area contributed by atoms with Gasteiger partial charge in [-0.2, -0.15) is 0 Å². The Morgan fingerprint density at radius 1 is 1.39 bits per heavy atom. The van der Waals surface area contributed by atoms with Crippen LogP contribution in [0.3, 0.4) is 0 Å². The number of amides is 1. The highest BCUT2D eigenvalue weighted by molar-refractivity contribution is 5.85. The third kappa shape index (κ3) is 3.23. The summed E-state index contributed by atoms with van der Waals surface area (Å²) in [5.74, 6) is 0. The van der Waals surface area contributed by atoms with Gasteiger partial charge in [0.05, 0.1) is 5.60 Å². The van der Waals surface area contributed by atoms with Gasteiger partial charge in [-0.25, -0.2) is 4.79 Å². The minimum absolute atomic E-state index is 0.484. The molecule has 1 aliphatic rings. The summed E-state index contributed by atoms with van der Waals surface area (Å²) >= 11 is 0. The van der Waals surface area contributed by atoms with E-state index in [2.05, 4.69) is 5.32 Å². The number of benzene rings is 1. The van der Waals surface area contributed by atoms with Gasteiger partial charge in [-0.05, 0) is 51.3 Å². The first-order chi connectivity index (χ1) is 8.28. The summed E-state index contributed by atoms with van der Waals surface area (Å²) in [7, 11) is 0. The van der Waals surface area contributed by atoms with E-state index < -0.39 is 17.3 Å². The molecule has 1 aromatic rings. The van der Waals surface area contributed by atoms with E-state index in [0.29, 0.717) is 5.69 Å². The Balaban J connectivity index is 2.04. The lowest BCUT2D eigenvalue weighted by atomic mass is 10.1. The lowest BCUT2D eigenvalue weighted by Crippen LogP contribution is -2.27. The van der Waals surface area contributed by atoms with Gasteiger partial charge in [0.2, 0.25) is 0 Å². The van der Waals surface area contributed by atoms with Crippen LogP contribution < -0.4 is 5.32 Å². The molecule has 0 heterocycles. The molecule has 0 saturated heterocycles. The largest absolute Gasteiger partial charge is 0.444 e. The second-order valence-corrected chi connectivity index (χ2v) is 5.74. The molecular weight excluding hydrogens is 230 g/mol. The van der Waals surface area contributed by atoms with Crippen LogP contribution in [0.4, 0.5) is 10.5 Å². The number of anilines is 1. The highest BCUT2D eigenvalue weighted by Gasteiger charge is 2.42. The predicted octanol–water partition coefficient (Wildman–Crippen LogP) is 3.02. The van der Waals surface area contributed by atoms with Gasteiger partial charge < -0.3 is 9.84 Å². The van der Waals surface area contributed by atoms with Crippen molar-refractivity contribution < 1.29 is 14.6 Å². The van der Waals surface area contributed by atoms with Crippen molar-refractivity contribution >= 4 is 11.8 Å². The fourth-order valence-corrected chi connectivity index (χ4v) is 1.71. The van der Waals surface area contributed by atoms with Gasteiger partial charge in [-0.1, -0.05) is 12.1 Å². The highest BCUT2D eigenvalue weighted by atomic mass is 16.6. The smallest absolute Gasteiger partial charge is 0.412 e. The molecule has 1 aliphatic carbocycles. The molecule has 18 heavy (non-hydrogen) atoms. The van der Waals surface area contributed by atoms with E-state index >= 15 is 0 Å². The monoisotopic (exact) mass is 249 g/mol. The van der Waals surface area contributed by atoms with Crippen molar-refractivity contribution in [2.75, 3.05) is 5.32 Å². The molecule has 1 aromatic carbocycles. The molecule has 0 aromatic heterocycles. The topological polar surface area (TPSA) is 58.6 Å². The van der Waals surface area contributed by atoms with Crippen LogP contribution in [0.1, 0.15) is 39.2 Å². The number of aliphatic hydroxyl groups is 1. The fourth-order valence-electron chi connectivity index (χ4n) is 1.71. The average Bonchev–Trinajstić information content (AvgIpc) is 2.95. The molecular formula is C14H19NO3. The number of carbonyl (C=O) groups excluding carboxylic acids is 1. The summed E-state index contributed by atoms with van der Waals surface area (Å²) in [6, 6.07) is 7.25. The van der Waals surface area contributed by atoms with E-state index in [-0.39, 0.29) is 0 Å². The van der Waals surface area contributed by atoms with Crippen molar-refractivity contribution in [2.24, 2.45) is 0 Å². The molecule has 1 fully saturated rings. The Morgan fingerprint density at radius 2 is 2.06 bits per heavy atom. The van der Waals surface area contributed by atoms with Gasteiger partial charge in [-0.15, -0.1) is 0 Å². The standard InChI is InChI=1S/C14H19NO3/c1-13(2,3)18-12(16)15-11-6-4-5-10(9-11)14(17)7-8-14/h4-6,9,17H,7-8H2,1-3H3,(H,15,16). The Labute approximate surface area is 107 Å². The first-order valence-electron chi connectivity index (χ1n) is 6.11. The van der Waals surface area contributed by atoms with Crippen LogP contribution in [0, 0.1) is 0 Å². The Hall–Kier alpha value is -1.55. The number of rotatable bonds is 2. The van der Waals surface area contributed by atoms with Gasteiger partial charge >= 0.3 is 6.09 Å². The summed E-state index contributed by atoms with van der Waals surface area (Å²) in [5, 5.41) is 12.7. The van der Waals surface area contributed by atoms with Crippen molar-refractivity contribution in [3.05, 3.63) is 29.8 Å². The zero-order valence-electron chi connectivity index (χ0n) is 11.0. The van der Waals surface area contributed by atoms with Crippen molar-refractivity contribution in [2.45, 2.75) is 44.8 Å². The van der Waals surface area contributed by atoms with Crippen molar-refractivity contribution in [3.8, 4) is 0 Å². The lowest BCUT2D eigenvalue weighted by molar-refractivity contribution is 0.0635. The summed E-state index contributed by atoms with van der Waals surface area (Å²) in [6.45, 7) is 5.45. The molecule has 4 nitrogen and oxygen atoms in total. The summed E-state index contributed by atoms with van der Waals surface area (Å²) in [4.78, 5) is 11.6. The van der Waals surface area contributed by atoms with E-state index in [1.807, 2.05) is 32.9 Å². The average molecular weight is 249 g/mol. The Bertz CT molecular complexity index is 458. The Morgan fingerprint density at radius 3 is 2.61 bits per heavy atom. The number of nitrogens with one attached hydrogen (secondary N) is 1. The van der Waals surface area contributed by atoms with Gasteiger partial charge in [0, 0.05) is 5.69 Å². The molecule has 0 radical (unpaired) electrons. The molecule has 0 spiro atoms. The molecule has 4 heteroatoms. The minimum atomic E-state index is -0.689. The molecule has 0 atom stereocenters. The van der Waals surface area contributed by atoms with Crippen molar-refractivity contribution in [1.29, 1.82) is 0 Å². The molecule has 1 saturated carbocycles. The van der Waals surface area contributed by atoms with Crippen LogP contribution >= 0.6 is 0 Å². The normalized spacial score (nSPS) is 17.1. The summed E-state index contributed by atoms with van der Waals surface area (Å²) in [6.07, 6.45) is 1.08. The van der Waals surface area contributed by atoms with Crippen LogP contribution in [0.25, 0.3) is 0 Å². The van der Waals surface area contributed by atoms with Crippen LogP contribution in [0.5, 0.6) is 0 Å². The third-order valence-electron chi connectivity index (χ3n) is 2.77. The first-order valence-corrected chi connectivity index (χ1v) is 6.11. The second kappa shape index (κ2) is 4.28. The quantitative estimate of drug-likeness (QED) is 0.847. The predicted molar refractivity (Wildman–Crippen MR) is 69.4 cm³/mol. The highest BCUT2D eigenvalue weighted by Crippen LogP contribution is 2.45. The Kier molecular flexibility index (Phi) is 3.07. The number of ether oxygens (including phenoxy) is 1. The maximum atomic E-state index is 11.6. The number of hydrogen-bond acceptors (Lipinski definition) is 3. The first kappa shape index (κ1) is 12.9. The van der Waals surface area contributed by atoms with Gasteiger partial charge in [0.1, 0.15) is 5.60 Å². The van der Waals surface area contributed by atoms with Gasteiger partial charge in [-0.3, -0.25) is 5.32 Å². The molecule has 1 amide bonds. The second-order valence-electron chi connectivity index (χ2n) is 5.74. The number of carbonyl (C=O) groups is 1. The zero-order chi connectivity index (χ0) is 13.4. The maximum Gasteiger partial charge on any atom is 0.412 e. The van der Waals surface area contributed by atoms with E-state index in [1.165, 1.54) is 0 Å². The van der Waals surface area contributed by atoms with Crippen LogP contribution in [0.2, 0.25) is 0 Å². The summed E-state index contributed by atoms with van der Waals surface area (Å²) < 4.78 is 5.17. The molecule has 2 rings (SSSR count). The minimum Gasteiger partial charge on any atom is -0.444 e. The van der Waals surface area contributed by atoms with E-state index in [1.54, 1.807) is 12.1 Å². The van der Waals surface area contributed by atoms with Crippen molar-refractivity contribution in [1.82, 2.24) is 0 Å². The third-order valence-corrected chi connectivity index (χ3v) is 2.77. The molecule has 0 bridgehead atoms. The lowest BCUT2D eigenvalue weighted by Gasteiger charge is -2.20. The fraction of sp³-hybridized carbons (Fsp3) is 0.500. The van der Waals surface area contributed by atoms with E-state index in [4.69, 9.17) is 4.74 Å². The number of hydrogen-bond donors (Lipinski definition) is 2. The van der Waals surface area contributed by atoms with Gasteiger partial charge in [0.25, 0.3) is 0 Å². The molecule has 0 aliphatic heterocycles. The van der Waals surface area contributed by atoms with E-state index in [9.17, 15) is 9.90 Å². The van der Waals surface area contributed by atoms with Crippen molar-refractivity contribution in [3.63, 3.8) is 0 Å².